The van der Waals surface area contributed by atoms with Crippen molar-refractivity contribution in [1.82, 2.24) is 15.0 Å². The van der Waals surface area contributed by atoms with Crippen LogP contribution in [0.1, 0.15) is 30.8 Å². The molecule has 2 rings (SSSR count). The summed E-state index contributed by atoms with van der Waals surface area (Å²) < 4.78 is 3.05. The Bertz CT molecular complexity index is 555. The van der Waals surface area contributed by atoms with Crippen LogP contribution in [0.15, 0.2) is 35.1 Å². The van der Waals surface area contributed by atoms with Gasteiger partial charge in [-0.3, -0.25) is 5.84 Å². The van der Waals surface area contributed by atoms with Gasteiger partial charge in [0.2, 0.25) is 0 Å². The highest BCUT2D eigenvalue weighted by Crippen LogP contribution is 2.29. The molecule has 0 aliphatic carbocycles. The monoisotopic (exact) mass is 342 g/mol. The van der Waals surface area contributed by atoms with Gasteiger partial charge in [0, 0.05) is 28.4 Å². The Morgan fingerprint density at radius 3 is 3.00 bits per heavy atom. The van der Waals surface area contributed by atoms with Crippen molar-refractivity contribution < 1.29 is 0 Å². The molecule has 0 saturated carbocycles. The van der Waals surface area contributed by atoms with Crippen molar-refractivity contribution in [3.8, 4) is 0 Å². The lowest BCUT2D eigenvalue weighted by Crippen LogP contribution is -2.31. The molecule has 6 heteroatoms. The van der Waals surface area contributed by atoms with Crippen LogP contribution in [0, 0.1) is 0 Å². The molecular weight excluding hydrogens is 328 g/mol. The number of nitrogens with two attached hydrogens (primary N) is 1. The number of nitrogens with zero attached hydrogens (tertiary/aromatic N) is 2. The Morgan fingerprint density at radius 1 is 1.53 bits per heavy atom. The second kappa shape index (κ2) is 6.52. The molecule has 0 amide bonds. The molecule has 0 radical (unpaired) electrons. The molecule has 102 valence electrons. The van der Waals surface area contributed by atoms with E-state index in [1.165, 1.54) is 0 Å². The number of rotatable bonds is 5. The SMILES string of the molecule is CCCn1ccnc1C(NN)c1cc(Cl)ccc1Br. The predicted molar refractivity (Wildman–Crippen MR) is 80.8 cm³/mol. The summed E-state index contributed by atoms with van der Waals surface area (Å²) >= 11 is 9.59. The zero-order chi connectivity index (χ0) is 13.8. The van der Waals surface area contributed by atoms with Crippen molar-refractivity contribution >= 4 is 27.5 Å². The molecule has 19 heavy (non-hydrogen) atoms. The average Bonchev–Trinajstić information content (AvgIpc) is 2.83. The van der Waals surface area contributed by atoms with Crippen LogP contribution in [0.5, 0.6) is 0 Å². The normalized spacial score (nSPS) is 12.6. The summed E-state index contributed by atoms with van der Waals surface area (Å²) in [5, 5.41) is 0.673. The Hall–Kier alpha value is -0.880. The number of hydrazine groups is 1. The van der Waals surface area contributed by atoms with Crippen molar-refractivity contribution in [3.05, 3.63) is 51.5 Å². The standard InChI is InChI=1S/C13H16BrClN4/c1-2-6-19-7-5-17-13(19)12(18-16)10-8-9(15)3-4-11(10)14/h3-5,7-8,12,18H,2,6,16H2,1H3. The van der Waals surface area contributed by atoms with Gasteiger partial charge in [-0.2, -0.15) is 0 Å². The van der Waals surface area contributed by atoms with Crippen LogP contribution in [0.25, 0.3) is 0 Å². The number of benzene rings is 1. The minimum atomic E-state index is -0.199. The van der Waals surface area contributed by atoms with E-state index in [4.69, 9.17) is 17.4 Å². The van der Waals surface area contributed by atoms with E-state index in [9.17, 15) is 0 Å². The van der Waals surface area contributed by atoms with Crippen molar-refractivity contribution in [2.45, 2.75) is 25.9 Å². The summed E-state index contributed by atoms with van der Waals surface area (Å²) in [5.41, 5.74) is 3.79. The van der Waals surface area contributed by atoms with Gasteiger partial charge in [0.25, 0.3) is 0 Å². The van der Waals surface area contributed by atoms with E-state index in [1.807, 2.05) is 24.4 Å². The number of hydrogen-bond acceptors (Lipinski definition) is 3. The van der Waals surface area contributed by atoms with E-state index in [0.717, 1.165) is 28.8 Å². The van der Waals surface area contributed by atoms with Crippen LogP contribution < -0.4 is 11.3 Å². The van der Waals surface area contributed by atoms with Crippen molar-refractivity contribution in [2.24, 2.45) is 5.84 Å². The largest absolute Gasteiger partial charge is 0.333 e. The lowest BCUT2D eigenvalue weighted by Gasteiger charge is -2.19. The molecule has 1 heterocycles. The van der Waals surface area contributed by atoms with Crippen LogP contribution in [0.2, 0.25) is 5.02 Å². The van der Waals surface area contributed by atoms with Crippen LogP contribution in [0.4, 0.5) is 0 Å². The van der Waals surface area contributed by atoms with Gasteiger partial charge in [-0.25, -0.2) is 10.4 Å². The van der Waals surface area contributed by atoms with E-state index in [1.54, 1.807) is 6.20 Å². The fourth-order valence-corrected chi connectivity index (χ4v) is 2.71. The summed E-state index contributed by atoms with van der Waals surface area (Å²) in [6.07, 6.45) is 4.78. The first kappa shape index (κ1) is 14.5. The molecule has 2 aromatic rings. The fourth-order valence-electron chi connectivity index (χ4n) is 2.05. The summed E-state index contributed by atoms with van der Waals surface area (Å²) in [6.45, 7) is 3.04. The van der Waals surface area contributed by atoms with E-state index < -0.39 is 0 Å². The van der Waals surface area contributed by atoms with E-state index in [0.29, 0.717) is 5.02 Å². The Morgan fingerprint density at radius 2 is 2.32 bits per heavy atom. The van der Waals surface area contributed by atoms with Gasteiger partial charge in [-0.05, 0) is 30.2 Å². The summed E-state index contributed by atoms with van der Waals surface area (Å²) in [6, 6.07) is 5.44. The van der Waals surface area contributed by atoms with Crippen LogP contribution in [0.3, 0.4) is 0 Å². The van der Waals surface area contributed by atoms with E-state index >= 15 is 0 Å². The van der Waals surface area contributed by atoms with Gasteiger partial charge < -0.3 is 4.57 Å². The van der Waals surface area contributed by atoms with Crippen LogP contribution >= 0.6 is 27.5 Å². The van der Waals surface area contributed by atoms with Gasteiger partial charge in [-0.1, -0.05) is 34.5 Å². The first-order valence-electron chi connectivity index (χ1n) is 6.09. The molecule has 1 aromatic carbocycles. The predicted octanol–water partition coefficient (Wildman–Crippen LogP) is 3.26. The highest BCUT2D eigenvalue weighted by atomic mass is 79.9. The zero-order valence-electron chi connectivity index (χ0n) is 10.6. The van der Waals surface area contributed by atoms with Crippen molar-refractivity contribution in [1.29, 1.82) is 0 Å². The van der Waals surface area contributed by atoms with Crippen LogP contribution in [-0.4, -0.2) is 9.55 Å². The first-order chi connectivity index (χ1) is 9.17. The molecule has 3 N–H and O–H groups in total. The summed E-state index contributed by atoms with van der Waals surface area (Å²) in [5.74, 6) is 6.59. The van der Waals surface area contributed by atoms with E-state index in [2.05, 4.69) is 37.8 Å². The number of imidazole rings is 1. The third-order valence-corrected chi connectivity index (χ3v) is 3.86. The minimum Gasteiger partial charge on any atom is -0.333 e. The van der Waals surface area contributed by atoms with Gasteiger partial charge in [-0.15, -0.1) is 0 Å². The minimum absolute atomic E-state index is 0.199. The highest BCUT2D eigenvalue weighted by molar-refractivity contribution is 9.10. The molecule has 0 fully saturated rings. The topological polar surface area (TPSA) is 55.9 Å². The molecule has 0 bridgehead atoms. The van der Waals surface area contributed by atoms with Gasteiger partial charge in [0.15, 0.2) is 0 Å². The third kappa shape index (κ3) is 3.17. The zero-order valence-corrected chi connectivity index (χ0v) is 12.9. The molecule has 1 atom stereocenters. The summed E-state index contributed by atoms with van der Waals surface area (Å²) in [4.78, 5) is 4.41. The third-order valence-electron chi connectivity index (χ3n) is 2.91. The molecule has 0 aliphatic rings. The maximum absolute atomic E-state index is 6.06. The highest BCUT2D eigenvalue weighted by Gasteiger charge is 2.20. The van der Waals surface area contributed by atoms with Crippen LogP contribution in [-0.2, 0) is 6.54 Å². The first-order valence-corrected chi connectivity index (χ1v) is 7.26. The molecule has 0 spiro atoms. The van der Waals surface area contributed by atoms with Gasteiger partial charge in [0.1, 0.15) is 11.9 Å². The molecule has 4 nitrogen and oxygen atoms in total. The van der Waals surface area contributed by atoms with Gasteiger partial charge in [0.05, 0.1) is 0 Å². The number of halogens is 2. The smallest absolute Gasteiger partial charge is 0.131 e. The van der Waals surface area contributed by atoms with Gasteiger partial charge >= 0.3 is 0 Å². The molecule has 1 unspecified atom stereocenters. The number of aryl methyl sites for hydroxylation is 1. The quantitative estimate of drug-likeness (QED) is 0.647. The Kier molecular flexibility index (Phi) is 4.99. The molecule has 0 aliphatic heterocycles. The molecule has 1 aromatic heterocycles. The Labute approximate surface area is 126 Å². The number of nitrogens with one attached hydrogen (secondary N) is 1. The lowest BCUT2D eigenvalue weighted by atomic mass is 10.1. The summed E-state index contributed by atoms with van der Waals surface area (Å²) in [7, 11) is 0. The van der Waals surface area contributed by atoms with Crippen molar-refractivity contribution in [2.75, 3.05) is 0 Å². The number of aromatic nitrogens is 2. The Balaban J connectivity index is 2.44. The fraction of sp³-hybridized carbons (Fsp3) is 0.308. The second-order valence-corrected chi connectivity index (χ2v) is 5.54. The van der Waals surface area contributed by atoms with Crippen molar-refractivity contribution in [3.63, 3.8) is 0 Å². The maximum atomic E-state index is 6.06. The average molecular weight is 344 g/mol. The number of hydrogen-bond donors (Lipinski definition) is 2. The maximum Gasteiger partial charge on any atom is 0.131 e. The molecular formula is C13H16BrClN4. The molecule has 0 saturated heterocycles. The second-order valence-electron chi connectivity index (χ2n) is 4.24. The lowest BCUT2D eigenvalue weighted by molar-refractivity contribution is 0.544. The van der Waals surface area contributed by atoms with E-state index in [-0.39, 0.29) is 6.04 Å².